The molecule has 1 rings (SSSR count). The van der Waals surface area contributed by atoms with Gasteiger partial charge in [-0.15, -0.1) is 0 Å². The Hall–Kier alpha value is 0.186. The number of hydrogen-bond donors (Lipinski definition) is 1. The van der Waals surface area contributed by atoms with Crippen molar-refractivity contribution in [2.45, 2.75) is 0 Å². The van der Waals surface area contributed by atoms with Gasteiger partial charge in [-0.25, -0.2) is 9.78 Å². The zero-order valence-corrected chi connectivity index (χ0v) is 4.48. The molecule has 0 saturated carbocycles. The number of aromatic nitrogens is 2. The van der Waals surface area contributed by atoms with E-state index < -0.39 is 5.97 Å². The molecule has 1 N–H and O–H groups in total. The Morgan fingerprint density at radius 3 is 2.50 bits per heavy atom. The minimum absolute atomic E-state index is 0. The zero-order chi connectivity index (χ0) is 6.69. The molecule has 0 radical (unpaired) electrons. The quantitative estimate of drug-likeness (QED) is 0.570. The van der Waals surface area contributed by atoms with Crippen molar-refractivity contribution in [2.75, 3.05) is 0 Å². The van der Waals surface area contributed by atoms with Crippen LogP contribution >= 0.6 is 0 Å². The van der Waals surface area contributed by atoms with Gasteiger partial charge in [0.15, 0.2) is 5.69 Å². The van der Waals surface area contributed by atoms with Crippen LogP contribution in [0.4, 0.5) is 0 Å². The van der Waals surface area contributed by atoms with Gasteiger partial charge >= 0.3 is 57.4 Å². The number of carboxylic acids is 1. The number of hydrogen-bond acceptors (Lipinski definition) is 3. The number of aromatic carboxylic acids is 1. The molecular weight excluding hydrogens is 159 g/mol. The van der Waals surface area contributed by atoms with Crippen molar-refractivity contribution in [2.24, 2.45) is 0 Å². The third kappa shape index (κ3) is 2.85. The first-order valence-electron chi connectivity index (χ1n) is 2.30. The van der Waals surface area contributed by atoms with E-state index in [1.165, 1.54) is 18.6 Å². The first-order valence-corrected chi connectivity index (χ1v) is 2.30. The van der Waals surface area contributed by atoms with Crippen molar-refractivity contribution in [3.05, 3.63) is 24.3 Å². The van der Waals surface area contributed by atoms with E-state index in [1.54, 1.807) is 0 Å². The van der Waals surface area contributed by atoms with E-state index in [1.807, 2.05) is 0 Å². The molecule has 10 heavy (non-hydrogen) atoms. The molecular formula is C5H5KN2O2. The van der Waals surface area contributed by atoms with E-state index in [9.17, 15) is 4.79 Å². The molecule has 0 unspecified atom stereocenters. The van der Waals surface area contributed by atoms with Gasteiger partial charge in [0, 0.05) is 12.4 Å². The van der Waals surface area contributed by atoms with Gasteiger partial charge in [-0.05, 0) is 0 Å². The minimum atomic E-state index is -1.05. The molecule has 1 aromatic rings. The molecule has 5 heteroatoms. The molecule has 0 atom stereocenters. The molecule has 0 saturated heterocycles. The molecule has 1 heterocycles. The Kier molecular flexibility index (Phi) is 5.01. The number of carbonyl (C=O) groups is 1. The molecule has 48 valence electrons. The van der Waals surface area contributed by atoms with Crippen LogP contribution in [-0.2, 0) is 0 Å². The molecule has 0 amide bonds. The normalized spacial score (nSPS) is 8.00. The van der Waals surface area contributed by atoms with Gasteiger partial charge in [0.1, 0.15) is 0 Å². The average Bonchev–Trinajstić information content (AvgIpc) is 1.90. The Morgan fingerprint density at radius 1 is 1.50 bits per heavy atom. The molecule has 0 aliphatic heterocycles. The van der Waals surface area contributed by atoms with E-state index in [0.29, 0.717) is 0 Å². The standard InChI is InChI=1S/C5H4N2O2.K.H/c8-5(9)4-3-6-1-2-7-4;;/h1-3H,(H,8,9);;. The van der Waals surface area contributed by atoms with Crippen molar-refractivity contribution in [1.29, 1.82) is 0 Å². The maximum absolute atomic E-state index is 10.1. The van der Waals surface area contributed by atoms with Crippen LogP contribution in [0.15, 0.2) is 18.6 Å². The Labute approximate surface area is 100 Å². The first-order chi connectivity index (χ1) is 4.30. The summed E-state index contributed by atoms with van der Waals surface area (Å²) in [5, 5.41) is 8.28. The van der Waals surface area contributed by atoms with Crippen LogP contribution in [-0.4, -0.2) is 72.4 Å². The SMILES string of the molecule is O=C(O)c1cnccn1.[KH]. The second-order valence-electron chi connectivity index (χ2n) is 1.40. The number of nitrogens with zero attached hydrogens (tertiary/aromatic N) is 2. The fourth-order valence-electron chi connectivity index (χ4n) is 0.410. The summed E-state index contributed by atoms with van der Waals surface area (Å²) in [6.07, 6.45) is 3.96. The summed E-state index contributed by atoms with van der Waals surface area (Å²) >= 11 is 0. The molecule has 0 spiro atoms. The van der Waals surface area contributed by atoms with Crippen molar-refractivity contribution < 1.29 is 9.90 Å². The molecule has 4 nitrogen and oxygen atoms in total. The number of carboxylic acid groups (broad SMARTS) is 1. The summed E-state index contributed by atoms with van der Waals surface area (Å²) in [7, 11) is 0. The van der Waals surface area contributed by atoms with Crippen LogP contribution in [0, 0.1) is 0 Å². The second-order valence-corrected chi connectivity index (χ2v) is 1.40. The topological polar surface area (TPSA) is 63.1 Å². The van der Waals surface area contributed by atoms with Crippen LogP contribution in [0.1, 0.15) is 10.5 Å². The third-order valence-electron chi connectivity index (χ3n) is 0.782. The fourth-order valence-corrected chi connectivity index (χ4v) is 0.410. The Balaban J connectivity index is 0.000000810. The van der Waals surface area contributed by atoms with Crippen molar-refractivity contribution in [3.63, 3.8) is 0 Å². The van der Waals surface area contributed by atoms with Crippen LogP contribution in [0.25, 0.3) is 0 Å². The van der Waals surface area contributed by atoms with Gasteiger partial charge in [0.2, 0.25) is 0 Å². The third-order valence-corrected chi connectivity index (χ3v) is 0.782. The number of rotatable bonds is 1. The first kappa shape index (κ1) is 10.2. The Morgan fingerprint density at radius 2 is 2.20 bits per heavy atom. The predicted molar refractivity (Wildman–Crippen MR) is 36.1 cm³/mol. The van der Waals surface area contributed by atoms with E-state index in [0.717, 1.165) is 0 Å². The van der Waals surface area contributed by atoms with Crippen LogP contribution in [0.2, 0.25) is 0 Å². The van der Waals surface area contributed by atoms with Gasteiger partial charge < -0.3 is 5.11 Å². The molecule has 1 aromatic heterocycles. The van der Waals surface area contributed by atoms with E-state index >= 15 is 0 Å². The van der Waals surface area contributed by atoms with Gasteiger partial charge in [-0.2, -0.15) is 0 Å². The summed E-state index contributed by atoms with van der Waals surface area (Å²) in [6.45, 7) is 0. The van der Waals surface area contributed by atoms with Crippen molar-refractivity contribution >= 4 is 57.4 Å². The van der Waals surface area contributed by atoms with Crippen LogP contribution in [0.3, 0.4) is 0 Å². The van der Waals surface area contributed by atoms with Gasteiger partial charge in [0.25, 0.3) is 0 Å². The van der Waals surface area contributed by atoms with Gasteiger partial charge in [0.05, 0.1) is 6.20 Å². The average molecular weight is 164 g/mol. The monoisotopic (exact) mass is 164 g/mol. The summed E-state index contributed by atoms with van der Waals surface area (Å²) in [6, 6.07) is 0. The summed E-state index contributed by atoms with van der Waals surface area (Å²) < 4.78 is 0. The van der Waals surface area contributed by atoms with Crippen molar-refractivity contribution in [3.8, 4) is 0 Å². The zero-order valence-electron chi connectivity index (χ0n) is 4.48. The van der Waals surface area contributed by atoms with E-state index in [2.05, 4.69) is 9.97 Å². The van der Waals surface area contributed by atoms with Crippen molar-refractivity contribution in [1.82, 2.24) is 9.97 Å². The predicted octanol–water partition coefficient (Wildman–Crippen LogP) is -0.474. The molecule has 0 aliphatic rings. The molecule has 0 aliphatic carbocycles. The summed E-state index contributed by atoms with van der Waals surface area (Å²) in [5.41, 5.74) is -0.0301. The van der Waals surface area contributed by atoms with E-state index in [4.69, 9.17) is 5.11 Å². The second kappa shape index (κ2) is 4.92. The Bertz CT molecular complexity index is 214. The molecule has 0 fully saturated rings. The molecule has 0 bridgehead atoms. The van der Waals surface area contributed by atoms with E-state index in [-0.39, 0.29) is 57.1 Å². The van der Waals surface area contributed by atoms with Crippen LogP contribution < -0.4 is 0 Å². The van der Waals surface area contributed by atoms with Gasteiger partial charge in [-0.1, -0.05) is 0 Å². The summed E-state index contributed by atoms with van der Waals surface area (Å²) in [5.74, 6) is -1.05. The summed E-state index contributed by atoms with van der Waals surface area (Å²) in [4.78, 5) is 17.2. The van der Waals surface area contributed by atoms with Crippen LogP contribution in [0.5, 0.6) is 0 Å². The van der Waals surface area contributed by atoms with Gasteiger partial charge in [-0.3, -0.25) is 4.98 Å². The molecule has 0 aromatic carbocycles. The fraction of sp³-hybridized carbons (Fsp3) is 0. The maximum atomic E-state index is 10.1.